The minimum Gasteiger partial charge on any atom is -0.481 e. The molecular formula is C23H22Cl2N2O4S. The molecule has 3 aromatic carbocycles. The van der Waals surface area contributed by atoms with E-state index in [1.54, 1.807) is 6.92 Å². The summed E-state index contributed by atoms with van der Waals surface area (Å²) in [4.78, 5) is 12.5. The predicted octanol–water partition coefficient (Wildman–Crippen LogP) is 5.82. The summed E-state index contributed by atoms with van der Waals surface area (Å²) in [6.45, 7) is 5.55. The highest BCUT2D eigenvalue weighted by atomic mass is 35.5. The Bertz CT molecular complexity index is 1230. The Hall–Kier alpha value is -2.74. The van der Waals surface area contributed by atoms with Crippen LogP contribution in [0.1, 0.15) is 18.1 Å². The third-order valence-electron chi connectivity index (χ3n) is 4.48. The Morgan fingerprint density at radius 1 is 0.938 bits per heavy atom. The van der Waals surface area contributed by atoms with E-state index in [1.165, 1.54) is 42.5 Å². The molecule has 0 fully saturated rings. The third-order valence-corrected chi connectivity index (χ3v) is 6.41. The fourth-order valence-electron chi connectivity index (χ4n) is 3.00. The molecular weight excluding hydrogens is 471 g/mol. The second kappa shape index (κ2) is 9.81. The number of rotatable bonds is 7. The number of nitrogens with one attached hydrogen (secondary N) is 2. The molecule has 2 N–H and O–H groups in total. The van der Waals surface area contributed by atoms with E-state index in [9.17, 15) is 13.2 Å². The molecule has 1 amide bonds. The zero-order valence-corrected chi connectivity index (χ0v) is 20.0. The number of benzene rings is 3. The molecule has 0 aromatic heterocycles. The number of aryl methyl sites for hydroxylation is 2. The van der Waals surface area contributed by atoms with Crippen molar-refractivity contribution in [1.29, 1.82) is 0 Å². The van der Waals surface area contributed by atoms with Crippen LogP contribution in [0.4, 0.5) is 11.4 Å². The molecule has 0 bridgehead atoms. The molecule has 0 aliphatic rings. The Kier molecular flexibility index (Phi) is 7.33. The molecule has 0 heterocycles. The predicted molar refractivity (Wildman–Crippen MR) is 128 cm³/mol. The molecule has 0 aliphatic carbocycles. The number of amides is 1. The maximum Gasteiger partial charge on any atom is 0.265 e. The Labute approximate surface area is 197 Å². The van der Waals surface area contributed by atoms with Gasteiger partial charge in [0.2, 0.25) is 0 Å². The first-order valence-corrected chi connectivity index (χ1v) is 11.9. The van der Waals surface area contributed by atoms with Crippen molar-refractivity contribution in [1.82, 2.24) is 0 Å². The summed E-state index contributed by atoms with van der Waals surface area (Å²) in [5.41, 5.74) is 2.73. The van der Waals surface area contributed by atoms with E-state index in [4.69, 9.17) is 27.9 Å². The fourth-order valence-corrected chi connectivity index (χ4v) is 4.59. The minimum atomic E-state index is -3.87. The first kappa shape index (κ1) is 23.9. The molecule has 0 unspecified atom stereocenters. The monoisotopic (exact) mass is 492 g/mol. The third kappa shape index (κ3) is 6.16. The van der Waals surface area contributed by atoms with Gasteiger partial charge in [0.25, 0.3) is 15.9 Å². The van der Waals surface area contributed by atoms with Crippen LogP contribution < -0.4 is 14.8 Å². The summed E-state index contributed by atoms with van der Waals surface area (Å²) < 4.78 is 33.4. The highest BCUT2D eigenvalue weighted by Crippen LogP contribution is 2.28. The molecule has 0 spiro atoms. The van der Waals surface area contributed by atoms with Crippen LogP contribution in [0.5, 0.6) is 5.75 Å². The van der Waals surface area contributed by atoms with E-state index < -0.39 is 16.1 Å². The Morgan fingerprint density at radius 2 is 1.56 bits per heavy atom. The van der Waals surface area contributed by atoms with Gasteiger partial charge in [0.15, 0.2) is 6.10 Å². The standard InChI is InChI=1S/C23H22Cl2N2O4S/c1-14-10-15(2)12-19(11-14)31-16(3)23(28)26-18-5-7-20(8-6-18)32(29,30)27-22-9-4-17(24)13-21(22)25/h4-13,16,27H,1-3H3,(H,26,28)/t16-/m0/s1. The van der Waals surface area contributed by atoms with Crippen LogP contribution in [-0.2, 0) is 14.8 Å². The lowest BCUT2D eigenvalue weighted by atomic mass is 10.1. The second-order valence-corrected chi connectivity index (χ2v) is 9.85. The Balaban J connectivity index is 1.66. The van der Waals surface area contributed by atoms with Crippen LogP contribution in [0, 0.1) is 13.8 Å². The second-order valence-electron chi connectivity index (χ2n) is 7.33. The zero-order valence-electron chi connectivity index (χ0n) is 17.6. The molecule has 32 heavy (non-hydrogen) atoms. The molecule has 168 valence electrons. The van der Waals surface area contributed by atoms with Crippen molar-refractivity contribution in [2.45, 2.75) is 31.8 Å². The molecule has 3 rings (SSSR count). The average Bonchev–Trinajstić information content (AvgIpc) is 2.69. The largest absolute Gasteiger partial charge is 0.481 e. The zero-order chi connectivity index (χ0) is 23.5. The topological polar surface area (TPSA) is 84.5 Å². The average molecular weight is 493 g/mol. The highest BCUT2D eigenvalue weighted by molar-refractivity contribution is 7.92. The number of hydrogen-bond acceptors (Lipinski definition) is 4. The fraction of sp³-hybridized carbons (Fsp3) is 0.174. The van der Waals surface area contributed by atoms with Crippen molar-refractivity contribution < 1.29 is 17.9 Å². The van der Waals surface area contributed by atoms with Gasteiger partial charge in [-0.3, -0.25) is 9.52 Å². The van der Waals surface area contributed by atoms with E-state index >= 15 is 0 Å². The molecule has 0 saturated carbocycles. The van der Waals surface area contributed by atoms with E-state index in [0.717, 1.165) is 11.1 Å². The molecule has 9 heteroatoms. The van der Waals surface area contributed by atoms with Crippen molar-refractivity contribution >= 4 is 50.5 Å². The summed E-state index contributed by atoms with van der Waals surface area (Å²) in [6, 6.07) is 16.0. The number of anilines is 2. The smallest absolute Gasteiger partial charge is 0.265 e. The van der Waals surface area contributed by atoms with Gasteiger partial charge in [-0.05, 0) is 86.5 Å². The summed E-state index contributed by atoms with van der Waals surface area (Å²) in [7, 11) is -3.87. The van der Waals surface area contributed by atoms with E-state index in [1.807, 2.05) is 32.0 Å². The first-order chi connectivity index (χ1) is 15.0. The van der Waals surface area contributed by atoms with Gasteiger partial charge in [-0.2, -0.15) is 0 Å². The maximum absolute atomic E-state index is 12.6. The number of carbonyl (C=O) groups is 1. The molecule has 0 aliphatic heterocycles. The van der Waals surface area contributed by atoms with Crippen molar-refractivity contribution in [3.63, 3.8) is 0 Å². The van der Waals surface area contributed by atoms with E-state index in [0.29, 0.717) is 16.5 Å². The lowest BCUT2D eigenvalue weighted by molar-refractivity contribution is -0.122. The van der Waals surface area contributed by atoms with Gasteiger partial charge in [0, 0.05) is 10.7 Å². The maximum atomic E-state index is 12.6. The molecule has 0 saturated heterocycles. The summed E-state index contributed by atoms with van der Waals surface area (Å²) in [5.74, 6) is 0.254. The molecule has 1 atom stereocenters. The van der Waals surface area contributed by atoms with Gasteiger partial charge in [-0.1, -0.05) is 29.3 Å². The number of halogens is 2. The van der Waals surface area contributed by atoms with Crippen molar-refractivity contribution in [3.05, 3.63) is 81.8 Å². The Morgan fingerprint density at radius 3 is 2.16 bits per heavy atom. The van der Waals surface area contributed by atoms with Gasteiger partial charge in [0.1, 0.15) is 5.75 Å². The van der Waals surface area contributed by atoms with Gasteiger partial charge >= 0.3 is 0 Å². The highest BCUT2D eigenvalue weighted by Gasteiger charge is 2.18. The van der Waals surface area contributed by atoms with E-state index in [-0.39, 0.29) is 21.5 Å². The van der Waals surface area contributed by atoms with Crippen molar-refractivity contribution in [3.8, 4) is 5.75 Å². The number of ether oxygens (including phenoxy) is 1. The first-order valence-electron chi connectivity index (χ1n) is 9.67. The van der Waals surface area contributed by atoms with Crippen LogP contribution in [0.2, 0.25) is 10.0 Å². The number of carbonyl (C=O) groups excluding carboxylic acids is 1. The SMILES string of the molecule is Cc1cc(C)cc(O[C@@H](C)C(=O)Nc2ccc(S(=O)(=O)Nc3ccc(Cl)cc3Cl)cc2)c1. The van der Waals surface area contributed by atoms with Crippen LogP contribution in [-0.4, -0.2) is 20.4 Å². The van der Waals surface area contributed by atoms with Crippen molar-refractivity contribution in [2.75, 3.05) is 10.0 Å². The van der Waals surface area contributed by atoms with Crippen LogP contribution in [0.15, 0.2) is 65.6 Å². The lowest BCUT2D eigenvalue weighted by Crippen LogP contribution is -2.30. The summed E-state index contributed by atoms with van der Waals surface area (Å²) in [6.07, 6.45) is -0.742. The van der Waals surface area contributed by atoms with Gasteiger partial charge in [-0.15, -0.1) is 0 Å². The van der Waals surface area contributed by atoms with Gasteiger partial charge < -0.3 is 10.1 Å². The number of hydrogen-bond donors (Lipinski definition) is 2. The molecule has 6 nitrogen and oxygen atoms in total. The van der Waals surface area contributed by atoms with Crippen LogP contribution in [0.25, 0.3) is 0 Å². The van der Waals surface area contributed by atoms with Crippen LogP contribution in [0.3, 0.4) is 0 Å². The van der Waals surface area contributed by atoms with Gasteiger partial charge in [-0.25, -0.2) is 8.42 Å². The molecule has 3 aromatic rings. The minimum absolute atomic E-state index is 0.0149. The lowest BCUT2D eigenvalue weighted by Gasteiger charge is -2.16. The van der Waals surface area contributed by atoms with Crippen molar-refractivity contribution in [2.24, 2.45) is 0 Å². The quantitative estimate of drug-likeness (QED) is 0.435. The normalized spacial score (nSPS) is 12.2. The number of sulfonamides is 1. The van der Waals surface area contributed by atoms with E-state index in [2.05, 4.69) is 10.0 Å². The summed E-state index contributed by atoms with van der Waals surface area (Å²) >= 11 is 11.9. The van der Waals surface area contributed by atoms with Gasteiger partial charge in [0.05, 0.1) is 15.6 Å². The van der Waals surface area contributed by atoms with Crippen LogP contribution >= 0.6 is 23.2 Å². The summed E-state index contributed by atoms with van der Waals surface area (Å²) in [5, 5.41) is 3.30. The molecule has 0 radical (unpaired) electrons.